The number of rotatable bonds is 3. The smallest absolute Gasteiger partial charge is 0.147 e. The summed E-state index contributed by atoms with van der Waals surface area (Å²) in [4.78, 5) is 4.02. The van der Waals surface area contributed by atoms with Crippen LogP contribution in [0.5, 0.6) is 0 Å². The number of halogens is 2. The van der Waals surface area contributed by atoms with Crippen molar-refractivity contribution in [1.82, 2.24) is 10.3 Å². The molecule has 0 aromatic carbocycles. The summed E-state index contributed by atoms with van der Waals surface area (Å²) in [5, 5.41) is 4.37. The average Bonchev–Trinajstić information content (AvgIpc) is 2.93. The first kappa shape index (κ1) is 10.2. The molecule has 1 N–H and O–H groups in total. The van der Waals surface area contributed by atoms with E-state index in [-0.39, 0.29) is 0 Å². The first-order valence-corrected chi connectivity index (χ1v) is 5.49. The van der Waals surface area contributed by atoms with Crippen molar-refractivity contribution in [2.45, 2.75) is 31.8 Å². The Morgan fingerprint density at radius 2 is 2.21 bits per heavy atom. The number of aromatic nitrogens is 1. The molecule has 0 unspecified atom stereocenters. The SMILES string of the molecule is C[C@H](NC1CC1)c1cnc(Cl)c(Cl)c1. The molecule has 1 saturated carbocycles. The number of hydrogen-bond donors (Lipinski definition) is 1. The first-order chi connectivity index (χ1) is 6.66. The number of nitrogens with one attached hydrogen (secondary N) is 1. The lowest BCUT2D eigenvalue weighted by atomic mass is 10.1. The topological polar surface area (TPSA) is 24.9 Å². The van der Waals surface area contributed by atoms with Gasteiger partial charge in [0.25, 0.3) is 0 Å². The molecule has 1 aliphatic rings. The molecule has 0 spiro atoms. The molecular formula is C10H12Cl2N2. The van der Waals surface area contributed by atoms with Gasteiger partial charge >= 0.3 is 0 Å². The van der Waals surface area contributed by atoms with E-state index in [9.17, 15) is 0 Å². The summed E-state index contributed by atoms with van der Waals surface area (Å²) in [5.41, 5.74) is 1.09. The fourth-order valence-electron chi connectivity index (χ4n) is 1.37. The molecule has 1 fully saturated rings. The van der Waals surface area contributed by atoms with Crippen LogP contribution in [0.15, 0.2) is 12.3 Å². The van der Waals surface area contributed by atoms with Gasteiger partial charge in [0.1, 0.15) is 5.15 Å². The fourth-order valence-corrected chi connectivity index (χ4v) is 1.65. The third kappa shape index (κ3) is 2.38. The maximum Gasteiger partial charge on any atom is 0.147 e. The second-order valence-corrected chi connectivity index (χ2v) is 4.47. The second kappa shape index (κ2) is 4.05. The minimum Gasteiger partial charge on any atom is -0.307 e. The molecule has 1 aliphatic carbocycles. The van der Waals surface area contributed by atoms with Gasteiger partial charge in [-0.05, 0) is 31.4 Å². The van der Waals surface area contributed by atoms with Crippen LogP contribution >= 0.6 is 23.2 Å². The van der Waals surface area contributed by atoms with Crippen LogP contribution in [0.25, 0.3) is 0 Å². The summed E-state index contributed by atoms with van der Waals surface area (Å²) in [6, 6.07) is 2.85. The Morgan fingerprint density at radius 1 is 1.50 bits per heavy atom. The Bertz CT molecular complexity index is 337. The Kier molecular flexibility index (Phi) is 2.96. The van der Waals surface area contributed by atoms with Crippen LogP contribution in [-0.4, -0.2) is 11.0 Å². The van der Waals surface area contributed by atoms with Crippen molar-refractivity contribution in [3.05, 3.63) is 28.0 Å². The molecule has 2 nitrogen and oxygen atoms in total. The lowest BCUT2D eigenvalue weighted by molar-refractivity contribution is 0.569. The summed E-state index contributed by atoms with van der Waals surface area (Å²) in [6.07, 6.45) is 4.33. The second-order valence-electron chi connectivity index (χ2n) is 3.70. The van der Waals surface area contributed by atoms with Crippen LogP contribution in [0.4, 0.5) is 0 Å². The van der Waals surface area contributed by atoms with Crippen LogP contribution in [0.2, 0.25) is 10.2 Å². The van der Waals surface area contributed by atoms with Gasteiger partial charge in [-0.2, -0.15) is 0 Å². The molecule has 1 heterocycles. The standard InChI is InChI=1S/C10H12Cl2N2/c1-6(14-8-2-3-8)7-4-9(11)10(12)13-5-7/h4-6,8,14H,2-3H2,1H3/t6-/m0/s1. The molecule has 0 bridgehead atoms. The maximum absolute atomic E-state index is 5.89. The molecule has 2 rings (SSSR count). The molecule has 0 saturated heterocycles. The van der Waals surface area contributed by atoms with Crippen LogP contribution in [0, 0.1) is 0 Å². The van der Waals surface area contributed by atoms with E-state index in [1.54, 1.807) is 6.20 Å². The van der Waals surface area contributed by atoms with E-state index in [2.05, 4.69) is 17.2 Å². The van der Waals surface area contributed by atoms with E-state index in [0.29, 0.717) is 22.3 Å². The van der Waals surface area contributed by atoms with Crippen LogP contribution < -0.4 is 5.32 Å². The van der Waals surface area contributed by atoms with Gasteiger partial charge in [0.15, 0.2) is 0 Å². The van der Waals surface area contributed by atoms with E-state index in [1.807, 2.05) is 6.07 Å². The highest BCUT2D eigenvalue weighted by Gasteiger charge is 2.23. The molecule has 1 atom stereocenters. The summed E-state index contributed by atoms with van der Waals surface area (Å²) < 4.78 is 0. The Morgan fingerprint density at radius 3 is 2.79 bits per heavy atom. The maximum atomic E-state index is 5.89. The molecule has 0 aliphatic heterocycles. The molecule has 1 aromatic rings. The van der Waals surface area contributed by atoms with Crippen LogP contribution in [0.3, 0.4) is 0 Å². The van der Waals surface area contributed by atoms with Gasteiger partial charge in [0, 0.05) is 18.3 Å². The fraction of sp³-hybridized carbons (Fsp3) is 0.500. The van der Waals surface area contributed by atoms with Gasteiger partial charge in [-0.25, -0.2) is 4.98 Å². The van der Waals surface area contributed by atoms with Gasteiger partial charge in [0.2, 0.25) is 0 Å². The highest BCUT2D eigenvalue weighted by Crippen LogP contribution is 2.26. The predicted octanol–water partition coefficient (Wildman–Crippen LogP) is 3.20. The van der Waals surface area contributed by atoms with Crippen LogP contribution in [-0.2, 0) is 0 Å². The minimum absolute atomic E-state index is 0.296. The zero-order valence-electron chi connectivity index (χ0n) is 7.93. The summed E-state index contributed by atoms with van der Waals surface area (Å²) in [5.74, 6) is 0. The Labute approximate surface area is 93.6 Å². The van der Waals surface area contributed by atoms with Crippen molar-refractivity contribution in [2.24, 2.45) is 0 Å². The van der Waals surface area contributed by atoms with Crippen molar-refractivity contribution in [3.63, 3.8) is 0 Å². The van der Waals surface area contributed by atoms with Crippen LogP contribution in [0.1, 0.15) is 31.4 Å². The number of pyridine rings is 1. The van der Waals surface area contributed by atoms with Crippen molar-refractivity contribution in [3.8, 4) is 0 Å². The predicted molar refractivity (Wildman–Crippen MR) is 58.8 cm³/mol. The van der Waals surface area contributed by atoms with E-state index < -0.39 is 0 Å². The van der Waals surface area contributed by atoms with Crippen molar-refractivity contribution < 1.29 is 0 Å². The van der Waals surface area contributed by atoms with Crippen molar-refractivity contribution in [2.75, 3.05) is 0 Å². The number of hydrogen-bond acceptors (Lipinski definition) is 2. The summed E-state index contributed by atoms with van der Waals surface area (Å²) in [6.45, 7) is 2.11. The molecule has 0 radical (unpaired) electrons. The minimum atomic E-state index is 0.296. The van der Waals surface area contributed by atoms with Gasteiger partial charge in [-0.15, -0.1) is 0 Å². The summed E-state index contributed by atoms with van der Waals surface area (Å²) in [7, 11) is 0. The third-order valence-electron chi connectivity index (χ3n) is 2.38. The zero-order valence-corrected chi connectivity index (χ0v) is 9.44. The van der Waals surface area contributed by atoms with E-state index in [1.165, 1.54) is 12.8 Å². The molecule has 0 amide bonds. The number of nitrogens with zero attached hydrogens (tertiary/aromatic N) is 1. The molecule has 76 valence electrons. The van der Waals surface area contributed by atoms with Gasteiger partial charge < -0.3 is 5.32 Å². The lowest BCUT2D eigenvalue weighted by Gasteiger charge is -2.13. The van der Waals surface area contributed by atoms with Gasteiger partial charge in [-0.1, -0.05) is 23.2 Å². The molecule has 4 heteroatoms. The molecule has 1 aromatic heterocycles. The Hall–Kier alpha value is -0.310. The normalized spacial score (nSPS) is 18.2. The van der Waals surface area contributed by atoms with Gasteiger partial charge in [0.05, 0.1) is 5.02 Å². The Balaban J connectivity index is 2.10. The highest BCUT2D eigenvalue weighted by molar-refractivity contribution is 6.41. The zero-order chi connectivity index (χ0) is 10.1. The summed E-state index contributed by atoms with van der Waals surface area (Å²) >= 11 is 11.6. The van der Waals surface area contributed by atoms with Crippen molar-refractivity contribution in [1.29, 1.82) is 0 Å². The third-order valence-corrected chi connectivity index (χ3v) is 3.07. The largest absolute Gasteiger partial charge is 0.307 e. The van der Waals surface area contributed by atoms with E-state index >= 15 is 0 Å². The molecule has 14 heavy (non-hydrogen) atoms. The van der Waals surface area contributed by atoms with E-state index in [4.69, 9.17) is 23.2 Å². The lowest BCUT2D eigenvalue weighted by Crippen LogP contribution is -2.20. The van der Waals surface area contributed by atoms with Crippen molar-refractivity contribution >= 4 is 23.2 Å². The first-order valence-electron chi connectivity index (χ1n) is 4.74. The monoisotopic (exact) mass is 230 g/mol. The quantitative estimate of drug-likeness (QED) is 0.808. The highest BCUT2D eigenvalue weighted by atomic mass is 35.5. The molecular weight excluding hydrogens is 219 g/mol. The van der Waals surface area contributed by atoms with Gasteiger partial charge in [-0.3, -0.25) is 0 Å². The van der Waals surface area contributed by atoms with E-state index in [0.717, 1.165) is 5.56 Å². The average molecular weight is 231 g/mol.